The zero-order chi connectivity index (χ0) is 14.8. The second kappa shape index (κ2) is 6.08. The molecule has 3 rings (SSSR count). The highest BCUT2D eigenvalue weighted by molar-refractivity contribution is 6.00. The molecule has 0 spiro atoms. The maximum Gasteiger partial charge on any atom is 0.256 e. The first kappa shape index (κ1) is 14.4. The predicted molar refractivity (Wildman–Crippen MR) is 86.7 cm³/mol. The Balaban J connectivity index is 1.88. The Morgan fingerprint density at radius 3 is 2.76 bits per heavy atom. The molecule has 0 bridgehead atoms. The number of carbonyl (C=O) groups excluding carboxylic acids is 1. The summed E-state index contributed by atoms with van der Waals surface area (Å²) in [6.07, 6.45) is 7.58. The third-order valence-electron chi connectivity index (χ3n) is 5.18. The van der Waals surface area contributed by atoms with Gasteiger partial charge in [0.1, 0.15) is 0 Å². The van der Waals surface area contributed by atoms with E-state index in [9.17, 15) is 4.79 Å². The lowest BCUT2D eigenvalue weighted by atomic mass is 9.78. The highest BCUT2D eigenvalue weighted by Gasteiger charge is 2.36. The highest BCUT2D eigenvalue weighted by atomic mass is 16.2. The lowest BCUT2D eigenvalue weighted by Gasteiger charge is -2.44. The van der Waals surface area contributed by atoms with Crippen LogP contribution in [0, 0.1) is 12.8 Å². The van der Waals surface area contributed by atoms with Crippen LogP contribution in [-0.2, 0) is 0 Å². The van der Waals surface area contributed by atoms with Crippen molar-refractivity contribution < 1.29 is 4.79 Å². The zero-order valence-corrected chi connectivity index (χ0v) is 13.2. The quantitative estimate of drug-likeness (QED) is 0.896. The standard InChI is InChI=1S/C18H26N2O/c1-13-9-10-16(19-2)15(12-13)18(21)20-11-5-7-14-6-3-4-8-17(14)20/h9-10,12,14,17,19H,3-8,11H2,1-2H3/t14-,17-/m1/s1. The number of aryl methyl sites for hydroxylation is 1. The number of piperidine rings is 1. The Bertz CT molecular complexity index is 524. The minimum Gasteiger partial charge on any atom is -0.387 e. The SMILES string of the molecule is CNc1ccc(C)cc1C(=O)N1CCC[C@H]2CCCC[C@H]21. The summed E-state index contributed by atoms with van der Waals surface area (Å²) >= 11 is 0. The van der Waals surface area contributed by atoms with Gasteiger partial charge in [0.25, 0.3) is 5.91 Å². The van der Waals surface area contributed by atoms with Crippen LogP contribution in [0.15, 0.2) is 18.2 Å². The lowest BCUT2D eigenvalue weighted by molar-refractivity contribution is 0.0391. The summed E-state index contributed by atoms with van der Waals surface area (Å²) in [7, 11) is 1.89. The van der Waals surface area contributed by atoms with Crippen molar-refractivity contribution in [2.75, 3.05) is 18.9 Å². The van der Waals surface area contributed by atoms with Crippen LogP contribution < -0.4 is 5.32 Å². The molecule has 1 heterocycles. The number of anilines is 1. The van der Waals surface area contributed by atoms with Gasteiger partial charge in [-0.15, -0.1) is 0 Å². The first-order valence-electron chi connectivity index (χ1n) is 8.30. The molecule has 1 N–H and O–H groups in total. The summed E-state index contributed by atoms with van der Waals surface area (Å²) in [6, 6.07) is 6.58. The molecule has 2 aliphatic rings. The molecule has 0 radical (unpaired) electrons. The predicted octanol–water partition coefficient (Wildman–Crippen LogP) is 3.83. The maximum absolute atomic E-state index is 13.1. The molecule has 3 nitrogen and oxygen atoms in total. The van der Waals surface area contributed by atoms with E-state index in [4.69, 9.17) is 0 Å². The number of fused-ring (bicyclic) bond motifs is 1. The van der Waals surface area contributed by atoms with Gasteiger partial charge in [-0.1, -0.05) is 24.5 Å². The number of hydrogen-bond donors (Lipinski definition) is 1. The van der Waals surface area contributed by atoms with Gasteiger partial charge in [0.15, 0.2) is 0 Å². The second-order valence-corrected chi connectivity index (χ2v) is 6.55. The molecule has 3 heteroatoms. The second-order valence-electron chi connectivity index (χ2n) is 6.55. The highest BCUT2D eigenvalue weighted by Crippen LogP contribution is 2.36. The van der Waals surface area contributed by atoms with Crippen LogP contribution in [-0.4, -0.2) is 30.4 Å². The van der Waals surface area contributed by atoms with Crippen LogP contribution in [0.1, 0.15) is 54.4 Å². The van der Waals surface area contributed by atoms with Crippen LogP contribution >= 0.6 is 0 Å². The zero-order valence-electron chi connectivity index (χ0n) is 13.2. The third-order valence-corrected chi connectivity index (χ3v) is 5.18. The van der Waals surface area contributed by atoms with Crippen LogP contribution in [0.3, 0.4) is 0 Å². The molecule has 21 heavy (non-hydrogen) atoms. The first-order chi connectivity index (χ1) is 10.2. The van der Waals surface area contributed by atoms with Gasteiger partial charge < -0.3 is 10.2 Å². The van der Waals surface area contributed by atoms with E-state index in [1.807, 2.05) is 19.2 Å². The minimum atomic E-state index is 0.222. The van der Waals surface area contributed by atoms with Crippen molar-refractivity contribution in [3.05, 3.63) is 29.3 Å². The minimum absolute atomic E-state index is 0.222. The molecule has 1 aliphatic carbocycles. The van der Waals surface area contributed by atoms with E-state index in [1.54, 1.807) is 0 Å². The number of benzene rings is 1. The van der Waals surface area contributed by atoms with Gasteiger partial charge in [0.2, 0.25) is 0 Å². The summed E-state index contributed by atoms with van der Waals surface area (Å²) in [5.41, 5.74) is 2.93. The summed E-state index contributed by atoms with van der Waals surface area (Å²) in [4.78, 5) is 15.2. The van der Waals surface area contributed by atoms with Crippen LogP contribution in [0.4, 0.5) is 5.69 Å². The summed E-state index contributed by atoms with van der Waals surface area (Å²) in [5, 5.41) is 3.17. The molecule has 1 saturated heterocycles. The molecule has 1 aromatic carbocycles. The fourth-order valence-electron chi connectivity index (χ4n) is 4.08. The molecule has 1 aliphatic heterocycles. The Kier molecular flexibility index (Phi) is 4.18. The normalized spacial score (nSPS) is 25.3. The Morgan fingerprint density at radius 2 is 1.95 bits per heavy atom. The van der Waals surface area contributed by atoms with Gasteiger partial charge in [-0.25, -0.2) is 0 Å². The fourth-order valence-corrected chi connectivity index (χ4v) is 4.08. The molecule has 2 fully saturated rings. The maximum atomic E-state index is 13.1. The van der Waals surface area contributed by atoms with E-state index in [-0.39, 0.29) is 5.91 Å². The average molecular weight is 286 g/mol. The molecule has 0 aromatic heterocycles. The molecule has 1 amide bonds. The molecular weight excluding hydrogens is 260 g/mol. The van der Waals surface area contributed by atoms with E-state index in [0.717, 1.165) is 35.7 Å². The Labute approximate surface area is 127 Å². The smallest absolute Gasteiger partial charge is 0.256 e. The number of amides is 1. The molecule has 1 aromatic rings. The van der Waals surface area contributed by atoms with Crippen molar-refractivity contribution in [2.45, 2.75) is 51.5 Å². The topological polar surface area (TPSA) is 32.3 Å². The van der Waals surface area contributed by atoms with Gasteiger partial charge in [-0.2, -0.15) is 0 Å². The van der Waals surface area contributed by atoms with Gasteiger partial charge >= 0.3 is 0 Å². The first-order valence-corrected chi connectivity index (χ1v) is 8.30. The number of hydrogen-bond acceptors (Lipinski definition) is 2. The van der Waals surface area contributed by atoms with Crippen LogP contribution in [0.5, 0.6) is 0 Å². The van der Waals surface area contributed by atoms with Crippen LogP contribution in [0.25, 0.3) is 0 Å². The molecular formula is C18H26N2O. The van der Waals surface area contributed by atoms with Crippen molar-refractivity contribution in [1.29, 1.82) is 0 Å². The molecule has 114 valence electrons. The Hall–Kier alpha value is -1.51. The van der Waals surface area contributed by atoms with Crippen molar-refractivity contribution in [3.8, 4) is 0 Å². The van der Waals surface area contributed by atoms with E-state index in [2.05, 4.69) is 23.2 Å². The van der Waals surface area contributed by atoms with Gasteiger partial charge in [0, 0.05) is 25.3 Å². The number of nitrogens with one attached hydrogen (secondary N) is 1. The van der Waals surface area contributed by atoms with E-state index >= 15 is 0 Å². The van der Waals surface area contributed by atoms with Crippen molar-refractivity contribution in [2.24, 2.45) is 5.92 Å². The number of likely N-dealkylation sites (tertiary alicyclic amines) is 1. The molecule has 2 atom stereocenters. The number of rotatable bonds is 2. The largest absolute Gasteiger partial charge is 0.387 e. The van der Waals surface area contributed by atoms with Crippen LogP contribution in [0.2, 0.25) is 0 Å². The van der Waals surface area contributed by atoms with Gasteiger partial charge in [0.05, 0.1) is 5.56 Å². The van der Waals surface area contributed by atoms with E-state index < -0.39 is 0 Å². The Morgan fingerprint density at radius 1 is 1.19 bits per heavy atom. The van der Waals surface area contributed by atoms with Crippen molar-refractivity contribution in [3.63, 3.8) is 0 Å². The third kappa shape index (κ3) is 2.78. The molecule has 0 unspecified atom stereocenters. The average Bonchev–Trinajstić information content (AvgIpc) is 2.53. The number of carbonyl (C=O) groups is 1. The van der Waals surface area contributed by atoms with Gasteiger partial charge in [-0.05, 0) is 50.7 Å². The number of nitrogens with zero attached hydrogens (tertiary/aromatic N) is 1. The van der Waals surface area contributed by atoms with E-state index in [0.29, 0.717) is 6.04 Å². The fraction of sp³-hybridized carbons (Fsp3) is 0.611. The summed E-state index contributed by atoms with van der Waals surface area (Å²) in [5.74, 6) is 0.957. The van der Waals surface area contributed by atoms with E-state index in [1.165, 1.54) is 32.1 Å². The van der Waals surface area contributed by atoms with Gasteiger partial charge in [-0.3, -0.25) is 4.79 Å². The lowest BCUT2D eigenvalue weighted by Crippen LogP contribution is -2.49. The monoisotopic (exact) mass is 286 g/mol. The molecule has 1 saturated carbocycles. The summed E-state index contributed by atoms with van der Waals surface area (Å²) in [6.45, 7) is 2.98. The summed E-state index contributed by atoms with van der Waals surface area (Å²) < 4.78 is 0. The van der Waals surface area contributed by atoms with Crippen molar-refractivity contribution >= 4 is 11.6 Å². The van der Waals surface area contributed by atoms with Crippen molar-refractivity contribution in [1.82, 2.24) is 4.90 Å².